The first kappa shape index (κ1) is 14.3. The molecular formula is C11H19N3O4. The van der Waals surface area contributed by atoms with Crippen molar-refractivity contribution in [2.24, 2.45) is 5.92 Å². The lowest BCUT2D eigenvalue weighted by molar-refractivity contribution is -0.137. The molecule has 1 heterocycles. The Bertz CT molecular complexity index is 343. The number of hydrogen-bond donors (Lipinski definition) is 3. The maximum absolute atomic E-state index is 11.9. The minimum Gasteiger partial charge on any atom is -0.481 e. The van der Waals surface area contributed by atoms with E-state index in [9.17, 15) is 14.4 Å². The molecule has 1 fully saturated rings. The molecule has 7 heteroatoms. The first-order chi connectivity index (χ1) is 8.43. The highest BCUT2D eigenvalue weighted by Gasteiger charge is 2.34. The van der Waals surface area contributed by atoms with E-state index in [0.29, 0.717) is 13.1 Å². The number of urea groups is 1. The molecule has 0 saturated carbocycles. The Balaban J connectivity index is 2.58. The van der Waals surface area contributed by atoms with Crippen LogP contribution in [0.2, 0.25) is 0 Å². The highest BCUT2D eigenvalue weighted by atomic mass is 16.4. The number of hydrogen-bond acceptors (Lipinski definition) is 3. The summed E-state index contributed by atoms with van der Waals surface area (Å²) in [6, 6.07) is -0.881. The molecule has 0 radical (unpaired) electrons. The Morgan fingerprint density at radius 3 is 2.78 bits per heavy atom. The normalized spacial score (nSPS) is 19.6. The fourth-order valence-electron chi connectivity index (χ4n) is 1.95. The van der Waals surface area contributed by atoms with Gasteiger partial charge < -0.3 is 20.6 Å². The van der Waals surface area contributed by atoms with Crippen LogP contribution in [0.15, 0.2) is 0 Å². The van der Waals surface area contributed by atoms with Gasteiger partial charge in [-0.3, -0.25) is 9.59 Å². The van der Waals surface area contributed by atoms with E-state index in [1.54, 1.807) is 0 Å². The Morgan fingerprint density at radius 1 is 1.56 bits per heavy atom. The summed E-state index contributed by atoms with van der Waals surface area (Å²) in [5.74, 6) is -1.12. The zero-order valence-corrected chi connectivity index (χ0v) is 10.6. The van der Waals surface area contributed by atoms with Gasteiger partial charge in [-0.2, -0.15) is 0 Å². The number of aliphatic carboxylic acids is 1. The maximum Gasteiger partial charge on any atom is 0.318 e. The van der Waals surface area contributed by atoms with Gasteiger partial charge in [0.25, 0.3) is 0 Å². The van der Waals surface area contributed by atoms with E-state index >= 15 is 0 Å². The smallest absolute Gasteiger partial charge is 0.318 e. The van der Waals surface area contributed by atoms with Crippen LogP contribution in [0.25, 0.3) is 0 Å². The number of carbonyl (C=O) groups is 3. The molecule has 0 spiro atoms. The average molecular weight is 257 g/mol. The van der Waals surface area contributed by atoms with E-state index < -0.39 is 12.0 Å². The van der Waals surface area contributed by atoms with Crippen molar-refractivity contribution in [1.29, 1.82) is 0 Å². The average Bonchev–Trinajstić information content (AvgIpc) is 2.27. The van der Waals surface area contributed by atoms with E-state index in [2.05, 4.69) is 10.6 Å². The Kier molecular flexibility index (Phi) is 4.94. The molecule has 1 atom stereocenters. The molecule has 1 aliphatic heterocycles. The third-order valence-corrected chi connectivity index (χ3v) is 2.76. The molecule has 0 aromatic carbocycles. The number of carbonyl (C=O) groups excluding carboxylic acids is 2. The predicted molar refractivity (Wildman–Crippen MR) is 64.0 cm³/mol. The summed E-state index contributed by atoms with van der Waals surface area (Å²) < 4.78 is 0. The SMILES string of the molecule is CC(C)C1C(=O)NCCN1C(=O)NCCC(=O)O. The Hall–Kier alpha value is -1.79. The quantitative estimate of drug-likeness (QED) is 0.639. The van der Waals surface area contributed by atoms with Crippen LogP contribution in [0.1, 0.15) is 20.3 Å². The summed E-state index contributed by atoms with van der Waals surface area (Å²) in [4.78, 5) is 35.4. The lowest BCUT2D eigenvalue weighted by Gasteiger charge is -2.37. The third kappa shape index (κ3) is 3.61. The Labute approximate surface area is 106 Å². The number of rotatable bonds is 4. The van der Waals surface area contributed by atoms with E-state index in [4.69, 9.17) is 5.11 Å². The molecule has 0 bridgehead atoms. The highest BCUT2D eigenvalue weighted by molar-refractivity contribution is 5.88. The van der Waals surface area contributed by atoms with Crippen LogP contribution in [0, 0.1) is 5.92 Å². The van der Waals surface area contributed by atoms with Gasteiger partial charge in [0.1, 0.15) is 6.04 Å². The molecule has 7 nitrogen and oxygen atoms in total. The van der Waals surface area contributed by atoms with Gasteiger partial charge in [0.2, 0.25) is 5.91 Å². The van der Waals surface area contributed by atoms with E-state index in [1.807, 2.05) is 13.8 Å². The molecule has 18 heavy (non-hydrogen) atoms. The van der Waals surface area contributed by atoms with Crippen molar-refractivity contribution in [3.63, 3.8) is 0 Å². The molecule has 1 rings (SSSR count). The molecule has 1 aliphatic rings. The second-order valence-electron chi connectivity index (χ2n) is 4.55. The monoisotopic (exact) mass is 257 g/mol. The zero-order chi connectivity index (χ0) is 13.7. The van der Waals surface area contributed by atoms with E-state index in [-0.39, 0.29) is 30.8 Å². The predicted octanol–water partition coefficient (Wildman–Crippen LogP) is -0.373. The van der Waals surface area contributed by atoms with Crippen LogP contribution in [0.4, 0.5) is 4.79 Å². The van der Waals surface area contributed by atoms with E-state index in [0.717, 1.165) is 0 Å². The van der Waals surface area contributed by atoms with Crippen LogP contribution in [0.5, 0.6) is 0 Å². The van der Waals surface area contributed by atoms with Gasteiger partial charge in [-0.05, 0) is 5.92 Å². The Morgan fingerprint density at radius 2 is 2.22 bits per heavy atom. The van der Waals surface area contributed by atoms with Crippen molar-refractivity contribution < 1.29 is 19.5 Å². The molecule has 1 saturated heterocycles. The fraction of sp³-hybridized carbons (Fsp3) is 0.727. The van der Waals surface area contributed by atoms with Crippen LogP contribution < -0.4 is 10.6 Å². The van der Waals surface area contributed by atoms with Gasteiger partial charge in [0, 0.05) is 19.6 Å². The summed E-state index contributed by atoms with van der Waals surface area (Å²) in [5.41, 5.74) is 0. The minimum absolute atomic E-state index is 0.00974. The first-order valence-corrected chi connectivity index (χ1v) is 5.97. The van der Waals surface area contributed by atoms with Crippen LogP contribution in [-0.4, -0.2) is 53.6 Å². The number of piperazine rings is 1. The number of carboxylic acids is 1. The molecule has 3 amide bonds. The maximum atomic E-state index is 11.9. The third-order valence-electron chi connectivity index (χ3n) is 2.76. The van der Waals surface area contributed by atoms with E-state index in [1.165, 1.54) is 4.90 Å². The van der Waals surface area contributed by atoms with Crippen molar-refractivity contribution in [1.82, 2.24) is 15.5 Å². The lowest BCUT2D eigenvalue weighted by atomic mass is 10.00. The minimum atomic E-state index is -0.966. The first-order valence-electron chi connectivity index (χ1n) is 5.97. The highest BCUT2D eigenvalue weighted by Crippen LogP contribution is 2.13. The second-order valence-corrected chi connectivity index (χ2v) is 4.55. The molecule has 1 unspecified atom stereocenters. The van der Waals surface area contributed by atoms with Crippen molar-refractivity contribution in [2.75, 3.05) is 19.6 Å². The van der Waals surface area contributed by atoms with Gasteiger partial charge in [-0.15, -0.1) is 0 Å². The number of carboxylic acid groups (broad SMARTS) is 1. The van der Waals surface area contributed by atoms with Crippen molar-refractivity contribution >= 4 is 17.9 Å². The molecule has 3 N–H and O–H groups in total. The summed E-state index contributed by atoms with van der Waals surface area (Å²) in [6.45, 7) is 4.67. The molecule has 0 aromatic rings. The lowest BCUT2D eigenvalue weighted by Crippen LogP contribution is -2.61. The second kappa shape index (κ2) is 6.23. The van der Waals surface area contributed by atoms with Crippen molar-refractivity contribution in [3.8, 4) is 0 Å². The summed E-state index contributed by atoms with van der Waals surface area (Å²) >= 11 is 0. The zero-order valence-electron chi connectivity index (χ0n) is 10.6. The largest absolute Gasteiger partial charge is 0.481 e. The van der Waals surface area contributed by atoms with Gasteiger partial charge in [0.15, 0.2) is 0 Å². The fourth-order valence-corrected chi connectivity index (χ4v) is 1.95. The standard InChI is InChI=1S/C11H19N3O4/c1-7(2)9-10(17)12-5-6-14(9)11(18)13-4-3-8(15)16/h7,9H,3-6H2,1-2H3,(H,12,17)(H,13,18)(H,15,16). The van der Waals surface area contributed by atoms with Crippen LogP contribution >= 0.6 is 0 Å². The van der Waals surface area contributed by atoms with Gasteiger partial charge in [-0.25, -0.2) is 4.79 Å². The molecule has 0 aliphatic carbocycles. The molecular weight excluding hydrogens is 238 g/mol. The van der Waals surface area contributed by atoms with Crippen LogP contribution in [-0.2, 0) is 9.59 Å². The van der Waals surface area contributed by atoms with Crippen molar-refractivity contribution in [2.45, 2.75) is 26.3 Å². The number of nitrogens with one attached hydrogen (secondary N) is 2. The van der Waals surface area contributed by atoms with Gasteiger partial charge >= 0.3 is 12.0 Å². The summed E-state index contributed by atoms with van der Waals surface area (Å²) in [7, 11) is 0. The molecule has 0 aromatic heterocycles. The summed E-state index contributed by atoms with van der Waals surface area (Å²) in [5, 5.41) is 13.7. The van der Waals surface area contributed by atoms with Crippen molar-refractivity contribution in [3.05, 3.63) is 0 Å². The topological polar surface area (TPSA) is 98.7 Å². The number of amides is 3. The molecule has 102 valence electrons. The van der Waals surface area contributed by atoms with Crippen LogP contribution in [0.3, 0.4) is 0 Å². The number of nitrogens with zero attached hydrogens (tertiary/aromatic N) is 1. The van der Waals surface area contributed by atoms with Gasteiger partial charge in [0.05, 0.1) is 6.42 Å². The summed E-state index contributed by atoms with van der Waals surface area (Å²) in [6.07, 6.45) is -0.127. The van der Waals surface area contributed by atoms with Gasteiger partial charge in [-0.1, -0.05) is 13.8 Å².